The van der Waals surface area contributed by atoms with E-state index in [9.17, 15) is 14.4 Å². The van der Waals surface area contributed by atoms with Crippen molar-refractivity contribution in [2.75, 3.05) is 12.4 Å². The Kier molecular flexibility index (Phi) is 7.11. The van der Waals surface area contributed by atoms with Gasteiger partial charge in [0, 0.05) is 17.7 Å². The van der Waals surface area contributed by atoms with E-state index in [1.807, 2.05) is 19.1 Å². The largest absolute Gasteiger partial charge is 0.497 e. The molecule has 0 saturated carbocycles. The van der Waals surface area contributed by atoms with Gasteiger partial charge in [0.05, 0.1) is 13.5 Å². The third-order valence-corrected chi connectivity index (χ3v) is 3.96. The molecule has 2 rings (SSSR count). The molecular weight excluding hydrogens is 346 g/mol. The number of anilines is 1. The number of rotatable bonds is 8. The Balaban J connectivity index is 1.78. The second kappa shape index (κ2) is 9.52. The normalized spacial score (nSPS) is 11.4. The first-order valence-corrected chi connectivity index (χ1v) is 8.63. The number of hydrogen-bond acceptors (Lipinski definition) is 5. The molecule has 27 heavy (non-hydrogen) atoms. The Morgan fingerprint density at radius 2 is 1.59 bits per heavy atom. The van der Waals surface area contributed by atoms with E-state index in [1.165, 1.54) is 6.92 Å². The SMILES string of the molecule is COc1ccc(NC(=O)[C@@H](C)OC(=O)CCC(=O)c2ccc(C)cc2)cc1. The lowest BCUT2D eigenvalue weighted by Gasteiger charge is -2.13. The van der Waals surface area contributed by atoms with Crippen LogP contribution in [0.1, 0.15) is 35.7 Å². The number of ether oxygens (including phenoxy) is 2. The van der Waals surface area contributed by atoms with Crippen molar-refractivity contribution in [2.24, 2.45) is 0 Å². The van der Waals surface area contributed by atoms with Crippen molar-refractivity contribution in [1.29, 1.82) is 0 Å². The van der Waals surface area contributed by atoms with E-state index in [-0.39, 0.29) is 18.6 Å². The van der Waals surface area contributed by atoms with Gasteiger partial charge in [0.2, 0.25) is 0 Å². The lowest BCUT2D eigenvalue weighted by atomic mass is 10.1. The number of aryl methyl sites for hydroxylation is 1. The van der Waals surface area contributed by atoms with Crippen molar-refractivity contribution in [1.82, 2.24) is 0 Å². The van der Waals surface area contributed by atoms with Gasteiger partial charge in [0.15, 0.2) is 11.9 Å². The number of carbonyl (C=O) groups is 3. The van der Waals surface area contributed by atoms with E-state index in [0.29, 0.717) is 17.0 Å². The number of Topliss-reactive ketones (excluding diaryl/α,β-unsaturated/α-hetero) is 1. The fraction of sp³-hybridized carbons (Fsp3) is 0.286. The average molecular weight is 369 g/mol. The van der Waals surface area contributed by atoms with Gasteiger partial charge in [-0.15, -0.1) is 0 Å². The molecule has 0 saturated heterocycles. The third-order valence-electron chi connectivity index (χ3n) is 3.96. The molecule has 0 aliphatic carbocycles. The van der Waals surface area contributed by atoms with Gasteiger partial charge in [0.25, 0.3) is 5.91 Å². The molecule has 0 fully saturated rings. The first-order chi connectivity index (χ1) is 12.9. The topological polar surface area (TPSA) is 81.7 Å². The molecule has 1 amide bonds. The van der Waals surface area contributed by atoms with Gasteiger partial charge in [-0.1, -0.05) is 29.8 Å². The van der Waals surface area contributed by atoms with Gasteiger partial charge in [-0.05, 0) is 38.1 Å². The quantitative estimate of drug-likeness (QED) is 0.568. The number of benzene rings is 2. The molecule has 142 valence electrons. The zero-order valence-electron chi connectivity index (χ0n) is 15.7. The summed E-state index contributed by atoms with van der Waals surface area (Å²) in [5.74, 6) is -0.501. The van der Waals surface area contributed by atoms with Crippen LogP contribution in [0.4, 0.5) is 5.69 Å². The summed E-state index contributed by atoms with van der Waals surface area (Å²) in [4.78, 5) is 36.1. The second-order valence-electron chi connectivity index (χ2n) is 6.14. The molecular formula is C21H23NO5. The molecule has 1 N–H and O–H groups in total. The molecule has 0 spiro atoms. The third kappa shape index (κ3) is 6.26. The van der Waals surface area contributed by atoms with Gasteiger partial charge in [0.1, 0.15) is 5.75 Å². The number of ketones is 1. The number of amides is 1. The number of nitrogens with one attached hydrogen (secondary N) is 1. The molecule has 0 radical (unpaired) electrons. The molecule has 6 heteroatoms. The minimum Gasteiger partial charge on any atom is -0.497 e. The first-order valence-electron chi connectivity index (χ1n) is 8.63. The van der Waals surface area contributed by atoms with Gasteiger partial charge in [-0.25, -0.2) is 0 Å². The molecule has 0 aliphatic heterocycles. The predicted molar refractivity (Wildman–Crippen MR) is 102 cm³/mol. The fourth-order valence-electron chi connectivity index (χ4n) is 2.33. The Hall–Kier alpha value is -3.15. The Labute approximate surface area is 158 Å². The lowest BCUT2D eigenvalue weighted by Crippen LogP contribution is -2.30. The number of esters is 1. The van der Waals surface area contributed by atoms with Crippen LogP contribution in [0.2, 0.25) is 0 Å². The number of hydrogen-bond donors (Lipinski definition) is 1. The van der Waals surface area contributed by atoms with E-state index in [4.69, 9.17) is 9.47 Å². The summed E-state index contributed by atoms with van der Waals surface area (Å²) in [5, 5.41) is 2.66. The highest BCUT2D eigenvalue weighted by atomic mass is 16.5. The lowest BCUT2D eigenvalue weighted by molar-refractivity contribution is -0.153. The summed E-state index contributed by atoms with van der Waals surface area (Å²) in [6.07, 6.45) is -1.00. The number of carbonyl (C=O) groups excluding carboxylic acids is 3. The molecule has 6 nitrogen and oxygen atoms in total. The first kappa shape index (κ1) is 20.2. The van der Waals surface area contributed by atoms with Crippen molar-refractivity contribution in [2.45, 2.75) is 32.8 Å². The van der Waals surface area contributed by atoms with Crippen molar-refractivity contribution >= 4 is 23.3 Å². The molecule has 2 aromatic rings. The Bertz CT molecular complexity index is 796. The highest BCUT2D eigenvalue weighted by Crippen LogP contribution is 2.15. The zero-order chi connectivity index (χ0) is 19.8. The van der Waals surface area contributed by atoms with Crippen LogP contribution in [0.5, 0.6) is 5.75 Å². The van der Waals surface area contributed by atoms with Crippen LogP contribution in [0.3, 0.4) is 0 Å². The highest BCUT2D eigenvalue weighted by Gasteiger charge is 2.19. The maximum absolute atomic E-state index is 12.1. The van der Waals surface area contributed by atoms with Crippen molar-refractivity contribution in [3.8, 4) is 5.75 Å². The summed E-state index contributed by atoms with van der Waals surface area (Å²) in [5.41, 5.74) is 2.18. The predicted octanol–water partition coefficient (Wildman–Crippen LogP) is 3.54. The molecule has 0 unspecified atom stereocenters. The fourth-order valence-corrected chi connectivity index (χ4v) is 2.33. The van der Waals surface area contributed by atoms with E-state index >= 15 is 0 Å². The molecule has 1 atom stereocenters. The van der Waals surface area contributed by atoms with Gasteiger partial charge >= 0.3 is 5.97 Å². The maximum Gasteiger partial charge on any atom is 0.307 e. The standard InChI is InChI=1S/C21H23NO5/c1-14-4-6-16(7-5-14)19(23)12-13-20(24)27-15(2)21(25)22-17-8-10-18(26-3)11-9-17/h4-11,15H,12-13H2,1-3H3,(H,22,25)/t15-/m1/s1. The summed E-state index contributed by atoms with van der Waals surface area (Å²) in [6.45, 7) is 3.42. The van der Waals surface area contributed by atoms with Gasteiger partial charge < -0.3 is 14.8 Å². The average Bonchev–Trinajstić information content (AvgIpc) is 2.67. The molecule has 0 aromatic heterocycles. The molecule has 0 bridgehead atoms. The van der Waals surface area contributed by atoms with Crippen LogP contribution in [0.15, 0.2) is 48.5 Å². The van der Waals surface area contributed by atoms with Crippen molar-refractivity contribution in [3.05, 3.63) is 59.7 Å². The number of methoxy groups -OCH3 is 1. The van der Waals surface area contributed by atoms with Crippen molar-refractivity contribution < 1.29 is 23.9 Å². The summed E-state index contributed by atoms with van der Waals surface area (Å²) in [6, 6.07) is 13.9. The zero-order valence-corrected chi connectivity index (χ0v) is 15.7. The van der Waals surface area contributed by atoms with E-state index in [0.717, 1.165) is 5.56 Å². The highest BCUT2D eigenvalue weighted by molar-refractivity contribution is 5.98. The van der Waals surface area contributed by atoms with E-state index in [2.05, 4.69) is 5.32 Å². The molecule has 0 aliphatic rings. The van der Waals surface area contributed by atoms with E-state index in [1.54, 1.807) is 43.5 Å². The van der Waals surface area contributed by atoms with Crippen LogP contribution in [0, 0.1) is 6.92 Å². The van der Waals surface area contributed by atoms with E-state index < -0.39 is 18.0 Å². The van der Waals surface area contributed by atoms with Crippen LogP contribution >= 0.6 is 0 Å². The van der Waals surface area contributed by atoms with Crippen molar-refractivity contribution in [3.63, 3.8) is 0 Å². The Morgan fingerprint density at radius 1 is 0.963 bits per heavy atom. The Morgan fingerprint density at radius 3 is 2.19 bits per heavy atom. The monoisotopic (exact) mass is 369 g/mol. The summed E-state index contributed by atoms with van der Waals surface area (Å²) >= 11 is 0. The second-order valence-corrected chi connectivity index (χ2v) is 6.14. The van der Waals surface area contributed by atoms with Crippen LogP contribution < -0.4 is 10.1 Å². The van der Waals surface area contributed by atoms with Gasteiger partial charge in [-0.3, -0.25) is 14.4 Å². The van der Waals surface area contributed by atoms with Crippen LogP contribution in [0.25, 0.3) is 0 Å². The smallest absolute Gasteiger partial charge is 0.307 e. The molecule has 0 heterocycles. The minimum atomic E-state index is -0.964. The van der Waals surface area contributed by atoms with Crippen LogP contribution in [-0.2, 0) is 14.3 Å². The summed E-state index contributed by atoms with van der Waals surface area (Å²) < 4.78 is 10.2. The summed E-state index contributed by atoms with van der Waals surface area (Å²) in [7, 11) is 1.55. The maximum atomic E-state index is 12.1. The molecule has 2 aromatic carbocycles. The minimum absolute atomic E-state index is 0.0364. The van der Waals surface area contributed by atoms with Crippen LogP contribution in [-0.4, -0.2) is 30.9 Å². The van der Waals surface area contributed by atoms with Gasteiger partial charge in [-0.2, -0.15) is 0 Å².